The van der Waals surface area contributed by atoms with Crippen molar-refractivity contribution in [2.24, 2.45) is 5.92 Å². The minimum atomic E-state index is 0.00865. The molecule has 0 atom stereocenters. The van der Waals surface area contributed by atoms with Gasteiger partial charge in [-0.1, -0.05) is 23.2 Å². The Balaban J connectivity index is 1.54. The first-order chi connectivity index (χ1) is 13.6. The predicted octanol–water partition coefficient (Wildman–Crippen LogP) is 4.94. The van der Waals surface area contributed by atoms with E-state index < -0.39 is 0 Å². The van der Waals surface area contributed by atoms with Crippen LogP contribution >= 0.6 is 22.9 Å². The highest BCUT2D eigenvalue weighted by Gasteiger charge is 2.22. The highest BCUT2D eigenvalue weighted by molar-refractivity contribution is 7.22. The Bertz CT molecular complexity index is 1220. The van der Waals surface area contributed by atoms with Crippen LogP contribution in [0.4, 0.5) is 0 Å². The van der Waals surface area contributed by atoms with Crippen LogP contribution in [0.3, 0.4) is 0 Å². The van der Waals surface area contributed by atoms with Gasteiger partial charge in [0.1, 0.15) is 4.83 Å². The van der Waals surface area contributed by atoms with Crippen molar-refractivity contribution in [2.45, 2.75) is 32.7 Å². The second kappa shape index (κ2) is 6.83. The molecule has 1 aliphatic rings. The summed E-state index contributed by atoms with van der Waals surface area (Å²) < 4.78 is 7.23. The van der Waals surface area contributed by atoms with Crippen molar-refractivity contribution < 1.29 is 4.52 Å². The summed E-state index contributed by atoms with van der Waals surface area (Å²) in [5.74, 6) is 1.47. The van der Waals surface area contributed by atoms with Crippen molar-refractivity contribution in [3.05, 3.63) is 51.5 Å². The molecule has 28 heavy (non-hydrogen) atoms. The average molecular weight is 413 g/mol. The van der Waals surface area contributed by atoms with Gasteiger partial charge in [0.25, 0.3) is 11.4 Å². The van der Waals surface area contributed by atoms with Crippen LogP contribution in [-0.2, 0) is 6.54 Å². The maximum atomic E-state index is 13.0. The molecule has 4 aromatic rings. The first-order valence-electron chi connectivity index (χ1n) is 9.18. The van der Waals surface area contributed by atoms with Gasteiger partial charge in [-0.15, -0.1) is 11.3 Å². The lowest BCUT2D eigenvalue weighted by molar-refractivity contribution is 0.273. The van der Waals surface area contributed by atoms with Gasteiger partial charge in [-0.3, -0.25) is 9.36 Å². The van der Waals surface area contributed by atoms with Crippen LogP contribution in [0.1, 0.15) is 24.8 Å². The molecule has 0 radical (unpaired) electrons. The Morgan fingerprint density at radius 2 is 2.07 bits per heavy atom. The molecule has 3 aromatic heterocycles. The fourth-order valence-corrected chi connectivity index (χ4v) is 4.67. The topological polar surface area (TPSA) is 73.8 Å². The lowest BCUT2D eigenvalue weighted by atomic mass is 9.85. The van der Waals surface area contributed by atoms with Crippen LogP contribution in [0.2, 0.25) is 5.02 Å². The van der Waals surface area contributed by atoms with Gasteiger partial charge in [0, 0.05) is 17.1 Å². The van der Waals surface area contributed by atoms with Crippen molar-refractivity contribution in [2.75, 3.05) is 0 Å². The third-order valence-electron chi connectivity index (χ3n) is 5.32. The fraction of sp³-hybridized carbons (Fsp3) is 0.300. The van der Waals surface area contributed by atoms with Crippen molar-refractivity contribution >= 4 is 33.2 Å². The number of aromatic nitrogens is 4. The van der Waals surface area contributed by atoms with Crippen molar-refractivity contribution in [3.8, 4) is 22.2 Å². The highest BCUT2D eigenvalue weighted by Crippen LogP contribution is 2.36. The summed E-state index contributed by atoms with van der Waals surface area (Å²) in [7, 11) is 0. The summed E-state index contributed by atoms with van der Waals surface area (Å²) in [6, 6.07) is 7.25. The van der Waals surface area contributed by atoms with Gasteiger partial charge < -0.3 is 4.52 Å². The molecule has 142 valence electrons. The molecule has 0 N–H and O–H groups in total. The van der Waals surface area contributed by atoms with E-state index in [0.29, 0.717) is 32.9 Å². The molecule has 0 unspecified atom stereocenters. The molecule has 5 rings (SSSR count). The second-order valence-electron chi connectivity index (χ2n) is 7.17. The predicted molar refractivity (Wildman–Crippen MR) is 110 cm³/mol. The maximum Gasteiger partial charge on any atom is 0.268 e. The third-order valence-corrected chi connectivity index (χ3v) is 6.76. The van der Waals surface area contributed by atoms with Crippen molar-refractivity contribution in [1.82, 2.24) is 19.7 Å². The zero-order valence-electron chi connectivity index (χ0n) is 15.2. The van der Waals surface area contributed by atoms with Crippen molar-refractivity contribution in [1.29, 1.82) is 0 Å². The molecule has 3 heterocycles. The SMILES string of the molecule is Cc1c(-c2nc(-c3ccc(Cl)cc3)no2)sc2ncn(CC3CCC3)c(=O)c12. The van der Waals surface area contributed by atoms with Crippen molar-refractivity contribution in [3.63, 3.8) is 0 Å². The largest absolute Gasteiger partial charge is 0.333 e. The molecule has 1 aliphatic carbocycles. The summed E-state index contributed by atoms with van der Waals surface area (Å²) in [4.78, 5) is 23.5. The standard InChI is InChI=1S/C20H17ClN4O2S/c1-11-15-19(22-10-25(20(15)26)9-12-3-2-4-12)28-16(11)18-23-17(24-27-18)13-5-7-14(21)8-6-13/h5-8,10,12H,2-4,9H2,1H3. The number of hydrogen-bond acceptors (Lipinski definition) is 6. The zero-order valence-corrected chi connectivity index (χ0v) is 16.8. The Hall–Kier alpha value is -2.51. The fourth-order valence-electron chi connectivity index (χ4n) is 3.48. The lowest BCUT2D eigenvalue weighted by Crippen LogP contribution is -2.27. The molecule has 0 spiro atoms. The van der Waals surface area contributed by atoms with E-state index in [2.05, 4.69) is 15.1 Å². The van der Waals surface area contributed by atoms with E-state index in [0.717, 1.165) is 22.5 Å². The monoisotopic (exact) mass is 412 g/mol. The first kappa shape index (κ1) is 17.6. The van der Waals surface area contributed by atoms with Crippen LogP contribution < -0.4 is 5.56 Å². The summed E-state index contributed by atoms with van der Waals surface area (Å²) in [5.41, 5.74) is 1.67. The number of halogens is 1. The molecule has 6 nitrogen and oxygen atoms in total. The number of fused-ring (bicyclic) bond motifs is 1. The number of benzene rings is 1. The van der Waals surface area contributed by atoms with E-state index in [-0.39, 0.29) is 5.56 Å². The Labute approximate surface area is 169 Å². The smallest absolute Gasteiger partial charge is 0.268 e. The summed E-state index contributed by atoms with van der Waals surface area (Å²) in [6.45, 7) is 2.66. The van der Waals surface area contributed by atoms with Gasteiger partial charge in [0.15, 0.2) is 0 Å². The Morgan fingerprint density at radius 3 is 2.79 bits per heavy atom. The number of nitrogens with zero attached hydrogens (tertiary/aromatic N) is 4. The molecule has 0 saturated heterocycles. The van der Waals surface area contributed by atoms with Crippen LogP contribution in [0.15, 0.2) is 39.9 Å². The zero-order chi connectivity index (χ0) is 19.3. The maximum absolute atomic E-state index is 13.0. The second-order valence-corrected chi connectivity index (χ2v) is 8.60. The summed E-state index contributed by atoms with van der Waals surface area (Å²) >= 11 is 7.34. The van der Waals surface area contributed by atoms with E-state index in [1.54, 1.807) is 23.0 Å². The molecule has 1 saturated carbocycles. The quantitative estimate of drug-likeness (QED) is 0.474. The first-order valence-corrected chi connectivity index (χ1v) is 10.4. The molecule has 0 bridgehead atoms. The Kier molecular flexibility index (Phi) is 4.29. The van der Waals surface area contributed by atoms with E-state index >= 15 is 0 Å². The van der Waals surface area contributed by atoms with Gasteiger partial charge in [0.2, 0.25) is 5.82 Å². The van der Waals surface area contributed by atoms with E-state index in [1.165, 1.54) is 30.6 Å². The van der Waals surface area contributed by atoms with Gasteiger partial charge >= 0.3 is 0 Å². The number of aryl methyl sites for hydroxylation is 1. The van der Waals surface area contributed by atoms with Gasteiger partial charge in [-0.05, 0) is 55.5 Å². The van der Waals surface area contributed by atoms with E-state index in [4.69, 9.17) is 16.1 Å². The van der Waals surface area contributed by atoms with E-state index in [9.17, 15) is 4.79 Å². The molecule has 1 aromatic carbocycles. The minimum Gasteiger partial charge on any atom is -0.333 e. The number of rotatable bonds is 4. The van der Waals surface area contributed by atoms with Crippen LogP contribution in [0.25, 0.3) is 32.4 Å². The van der Waals surface area contributed by atoms with Gasteiger partial charge in [-0.25, -0.2) is 4.98 Å². The third kappa shape index (κ3) is 2.95. The minimum absolute atomic E-state index is 0.00865. The molecular formula is C20H17ClN4O2S. The van der Waals surface area contributed by atoms with Crippen LogP contribution in [0, 0.1) is 12.8 Å². The molecular weight excluding hydrogens is 396 g/mol. The molecule has 0 amide bonds. The van der Waals surface area contributed by atoms with Crippen LogP contribution in [-0.4, -0.2) is 19.7 Å². The molecule has 8 heteroatoms. The van der Waals surface area contributed by atoms with Crippen LogP contribution in [0.5, 0.6) is 0 Å². The number of hydrogen-bond donors (Lipinski definition) is 0. The number of thiophene rings is 1. The lowest BCUT2D eigenvalue weighted by Gasteiger charge is -2.25. The van der Waals surface area contributed by atoms with Gasteiger partial charge in [-0.2, -0.15) is 4.98 Å². The normalized spacial score (nSPS) is 14.5. The molecule has 1 fully saturated rings. The highest BCUT2D eigenvalue weighted by atomic mass is 35.5. The van der Waals surface area contributed by atoms with Gasteiger partial charge in [0.05, 0.1) is 16.6 Å². The van der Waals surface area contributed by atoms with E-state index in [1.807, 2.05) is 19.1 Å². The summed E-state index contributed by atoms with van der Waals surface area (Å²) in [6.07, 6.45) is 5.29. The molecule has 0 aliphatic heterocycles. The average Bonchev–Trinajstić information content (AvgIpc) is 3.25. The summed E-state index contributed by atoms with van der Waals surface area (Å²) in [5, 5.41) is 5.37. The Morgan fingerprint density at radius 1 is 1.29 bits per heavy atom.